The molecule has 7 nitrogen and oxygen atoms in total. The smallest absolute Gasteiger partial charge is 0.250 e. The van der Waals surface area contributed by atoms with Crippen molar-refractivity contribution in [2.45, 2.75) is 18.9 Å². The molecule has 2 atom stereocenters. The van der Waals surface area contributed by atoms with Gasteiger partial charge in [0.15, 0.2) is 0 Å². The highest BCUT2D eigenvalue weighted by Gasteiger charge is 2.39. The zero-order chi connectivity index (χ0) is 17.0. The van der Waals surface area contributed by atoms with E-state index >= 15 is 0 Å². The summed E-state index contributed by atoms with van der Waals surface area (Å²) in [5.74, 6) is -0.584. The number of rotatable bonds is 5. The summed E-state index contributed by atoms with van der Waals surface area (Å²) in [6.45, 7) is 1.66. The van der Waals surface area contributed by atoms with Crippen LogP contribution in [0, 0.1) is 28.6 Å². The first kappa shape index (κ1) is 16.3. The van der Waals surface area contributed by atoms with Crippen LogP contribution in [0.25, 0.3) is 0 Å². The van der Waals surface area contributed by atoms with Crippen molar-refractivity contribution in [3.05, 3.63) is 23.8 Å². The summed E-state index contributed by atoms with van der Waals surface area (Å²) in [4.78, 5) is 16.4. The number of carbonyl (C=O) groups is 1. The third kappa shape index (κ3) is 3.24. The molecule has 0 saturated carbocycles. The predicted octanol–water partition coefficient (Wildman–Crippen LogP) is 1.37. The van der Waals surface area contributed by atoms with Gasteiger partial charge in [0.25, 0.3) is 5.91 Å². The van der Waals surface area contributed by atoms with Crippen LogP contribution in [-0.4, -0.2) is 32.0 Å². The summed E-state index contributed by atoms with van der Waals surface area (Å²) in [7, 11) is 3.01. The van der Waals surface area contributed by atoms with Gasteiger partial charge in [0, 0.05) is 12.0 Å². The molecule has 1 amide bonds. The van der Waals surface area contributed by atoms with Crippen molar-refractivity contribution in [2.75, 3.05) is 14.2 Å². The molecular formula is C16H16N4O3. The summed E-state index contributed by atoms with van der Waals surface area (Å²) < 4.78 is 10.4. The summed E-state index contributed by atoms with van der Waals surface area (Å²) in [5.41, 5.74) is 0.591. The molecule has 1 aromatic carbocycles. The second kappa shape index (κ2) is 6.80. The first-order valence-electron chi connectivity index (χ1n) is 6.91. The van der Waals surface area contributed by atoms with Crippen LogP contribution in [0.1, 0.15) is 18.4 Å². The molecule has 0 radical (unpaired) electrons. The minimum Gasteiger partial charge on any atom is -0.497 e. The average Bonchev–Trinajstić information content (AvgIpc) is 2.89. The van der Waals surface area contributed by atoms with Crippen LogP contribution in [-0.2, 0) is 4.79 Å². The molecule has 0 saturated heterocycles. The lowest BCUT2D eigenvalue weighted by Gasteiger charge is -2.22. The van der Waals surface area contributed by atoms with Gasteiger partial charge in [-0.1, -0.05) is 0 Å². The molecule has 0 aliphatic carbocycles. The zero-order valence-electron chi connectivity index (χ0n) is 13.0. The number of hydrogen-bond donors (Lipinski definition) is 1. The largest absolute Gasteiger partial charge is 0.497 e. The molecule has 7 heteroatoms. The first-order valence-corrected chi connectivity index (χ1v) is 6.91. The van der Waals surface area contributed by atoms with Crippen LogP contribution in [0.4, 0.5) is 0 Å². The Labute approximate surface area is 134 Å². The summed E-state index contributed by atoms with van der Waals surface area (Å²) >= 11 is 0. The Morgan fingerprint density at radius 1 is 1.17 bits per heavy atom. The van der Waals surface area contributed by atoms with E-state index in [2.05, 4.69) is 10.3 Å². The minimum atomic E-state index is -1.03. The molecular weight excluding hydrogens is 296 g/mol. The SMILES string of the molecule is COc1cc(OC)cc(C(C(C#N)C#N)C2N=C(C)NC2=O)c1. The number of nitriles is 2. The zero-order valence-corrected chi connectivity index (χ0v) is 13.0. The van der Waals surface area contributed by atoms with Gasteiger partial charge in [0.1, 0.15) is 29.3 Å². The van der Waals surface area contributed by atoms with Gasteiger partial charge in [-0.3, -0.25) is 9.79 Å². The summed E-state index contributed by atoms with van der Waals surface area (Å²) in [6.07, 6.45) is 0. The molecule has 2 unspecified atom stereocenters. The Hall–Kier alpha value is -3.06. The van der Waals surface area contributed by atoms with E-state index in [9.17, 15) is 15.3 Å². The van der Waals surface area contributed by atoms with Gasteiger partial charge in [-0.15, -0.1) is 0 Å². The second-order valence-electron chi connectivity index (χ2n) is 5.06. The molecule has 2 rings (SSSR count). The predicted molar refractivity (Wildman–Crippen MR) is 82.0 cm³/mol. The van der Waals surface area contributed by atoms with E-state index in [4.69, 9.17) is 9.47 Å². The van der Waals surface area contributed by atoms with Gasteiger partial charge in [-0.05, 0) is 24.6 Å². The molecule has 0 bridgehead atoms. The molecule has 23 heavy (non-hydrogen) atoms. The highest BCUT2D eigenvalue weighted by molar-refractivity contribution is 6.05. The Kier molecular flexibility index (Phi) is 4.82. The molecule has 0 spiro atoms. The van der Waals surface area contributed by atoms with Gasteiger partial charge in [-0.2, -0.15) is 10.5 Å². The minimum absolute atomic E-state index is 0.329. The molecule has 1 aliphatic rings. The number of amides is 1. The van der Waals surface area contributed by atoms with Crippen LogP contribution >= 0.6 is 0 Å². The van der Waals surface area contributed by atoms with Crippen LogP contribution in [0.15, 0.2) is 23.2 Å². The number of ether oxygens (including phenoxy) is 2. The lowest BCUT2D eigenvalue weighted by atomic mass is 9.81. The van der Waals surface area contributed by atoms with Crippen LogP contribution in [0.3, 0.4) is 0 Å². The number of methoxy groups -OCH3 is 2. The standard InChI is InChI=1S/C16H16N4O3/c1-9-19-15(16(21)20-9)14(11(7-17)8-18)10-4-12(22-2)6-13(5-10)23-3/h4-6,11,14-15H,1-3H3,(H,19,20,21). The average molecular weight is 312 g/mol. The van der Waals surface area contributed by atoms with Gasteiger partial charge < -0.3 is 14.8 Å². The number of aliphatic imine (C=N–C) groups is 1. The molecule has 118 valence electrons. The van der Waals surface area contributed by atoms with E-state index in [0.29, 0.717) is 22.9 Å². The molecule has 1 aliphatic heterocycles. The van der Waals surface area contributed by atoms with Crippen molar-refractivity contribution in [1.82, 2.24) is 5.32 Å². The number of benzene rings is 1. The lowest BCUT2D eigenvalue weighted by molar-refractivity contribution is -0.120. The van der Waals surface area contributed by atoms with Crippen molar-refractivity contribution >= 4 is 11.7 Å². The maximum atomic E-state index is 12.1. The second-order valence-corrected chi connectivity index (χ2v) is 5.06. The maximum absolute atomic E-state index is 12.1. The third-order valence-electron chi connectivity index (χ3n) is 3.64. The van der Waals surface area contributed by atoms with E-state index in [-0.39, 0.29) is 5.91 Å². The van der Waals surface area contributed by atoms with Crippen LogP contribution in [0.5, 0.6) is 11.5 Å². The molecule has 1 heterocycles. The fraction of sp³-hybridized carbons (Fsp3) is 0.375. The number of nitrogens with one attached hydrogen (secondary N) is 1. The highest BCUT2D eigenvalue weighted by atomic mass is 16.5. The molecule has 1 N–H and O–H groups in total. The van der Waals surface area contributed by atoms with Crippen LogP contribution < -0.4 is 14.8 Å². The fourth-order valence-corrected chi connectivity index (χ4v) is 2.56. The van der Waals surface area contributed by atoms with Gasteiger partial charge >= 0.3 is 0 Å². The van der Waals surface area contributed by atoms with Crippen LogP contribution in [0.2, 0.25) is 0 Å². The van der Waals surface area contributed by atoms with E-state index in [1.807, 2.05) is 12.1 Å². The molecule has 1 aromatic rings. The Morgan fingerprint density at radius 2 is 1.74 bits per heavy atom. The van der Waals surface area contributed by atoms with Gasteiger partial charge in [0.2, 0.25) is 0 Å². The first-order chi connectivity index (χ1) is 11.0. The summed E-state index contributed by atoms with van der Waals surface area (Å²) in [6, 6.07) is 8.10. The van der Waals surface area contributed by atoms with Crippen molar-refractivity contribution in [3.8, 4) is 23.6 Å². The van der Waals surface area contributed by atoms with Crippen molar-refractivity contribution in [2.24, 2.45) is 10.9 Å². The topological polar surface area (TPSA) is 108 Å². The van der Waals surface area contributed by atoms with E-state index < -0.39 is 17.9 Å². The fourth-order valence-electron chi connectivity index (χ4n) is 2.56. The Morgan fingerprint density at radius 3 is 2.13 bits per heavy atom. The quantitative estimate of drug-likeness (QED) is 0.883. The van der Waals surface area contributed by atoms with Gasteiger partial charge in [0.05, 0.1) is 26.4 Å². The van der Waals surface area contributed by atoms with Crippen molar-refractivity contribution in [3.63, 3.8) is 0 Å². The third-order valence-corrected chi connectivity index (χ3v) is 3.64. The van der Waals surface area contributed by atoms with Crippen molar-refractivity contribution < 1.29 is 14.3 Å². The summed E-state index contributed by atoms with van der Waals surface area (Å²) in [5, 5.41) is 21.2. The Balaban J connectivity index is 2.57. The Bertz CT molecular complexity index is 694. The number of hydrogen-bond acceptors (Lipinski definition) is 6. The normalized spacial score (nSPS) is 17.7. The number of carbonyl (C=O) groups excluding carboxylic acids is 1. The van der Waals surface area contributed by atoms with E-state index in [0.717, 1.165) is 0 Å². The van der Waals surface area contributed by atoms with E-state index in [1.54, 1.807) is 25.1 Å². The molecule has 0 aromatic heterocycles. The monoisotopic (exact) mass is 312 g/mol. The van der Waals surface area contributed by atoms with E-state index in [1.165, 1.54) is 14.2 Å². The number of amidine groups is 1. The number of nitrogens with zero attached hydrogens (tertiary/aromatic N) is 3. The van der Waals surface area contributed by atoms with Gasteiger partial charge in [-0.25, -0.2) is 0 Å². The lowest BCUT2D eigenvalue weighted by Crippen LogP contribution is -2.34. The molecule has 0 fully saturated rings. The highest BCUT2D eigenvalue weighted by Crippen LogP contribution is 2.35. The maximum Gasteiger partial charge on any atom is 0.250 e. The van der Waals surface area contributed by atoms with Crippen molar-refractivity contribution in [1.29, 1.82) is 10.5 Å².